The number of fused-ring (bicyclic) bond motifs is 1. The Morgan fingerprint density at radius 2 is 1.65 bits per heavy atom. The van der Waals surface area contributed by atoms with Crippen LogP contribution in [0.1, 0.15) is 17.5 Å². The molecule has 0 aliphatic heterocycles. The number of ether oxygens (including phenoxy) is 1. The van der Waals surface area contributed by atoms with Crippen molar-refractivity contribution in [1.29, 1.82) is 0 Å². The second-order valence-corrected chi connectivity index (χ2v) is 10.2. The summed E-state index contributed by atoms with van der Waals surface area (Å²) in [4.78, 5) is 17.2. The number of hydrogen-bond donors (Lipinski definition) is 2. The number of sulfonamides is 1. The third kappa shape index (κ3) is 6.89. The average molecular weight is 516 g/mol. The van der Waals surface area contributed by atoms with Gasteiger partial charge in [0.1, 0.15) is 10.9 Å². The summed E-state index contributed by atoms with van der Waals surface area (Å²) in [7, 11) is -2.75. The average Bonchev–Trinajstić information content (AvgIpc) is 2.93. The summed E-state index contributed by atoms with van der Waals surface area (Å²) in [6.07, 6.45) is 5.55. The standard InChI is InChI=1S/C29H29N3O4S/c1-36-29(33)28(31-21-23-13-6-3-7-14-23)25(18-8-15-22-11-4-2-5-12-22)32-37(34,35)26-19-9-16-24-17-10-20-30-27(24)26/h2-17,19-20,25,28,31-32H,18,21H2,1H3/b15-8+/t25-,28-/m0/s1. The molecule has 4 aromatic rings. The highest BCUT2D eigenvalue weighted by Crippen LogP contribution is 2.22. The van der Waals surface area contributed by atoms with E-state index in [1.54, 1.807) is 30.5 Å². The van der Waals surface area contributed by atoms with Gasteiger partial charge in [-0.3, -0.25) is 15.1 Å². The number of benzene rings is 3. The van der Waals surface area contributed by atoms with Gasteiger partial charge in [0.15, 0.2) is 0 Å². The van der Waals surface area contributed by atoms with E-state index in [1.165, 1.54) is 13.2 Å². The van der Waals surface area contributed by atoms with Crippen LogP contribution in [-0.4, -0.2) is 38.6 Å². The van der Waals surface area contributed by atoms with Gasteiger partial charge in [-0.05, 0) is 29.7 Å². The lowest BCUT2D eigenvalue weighted by Crippen LogP contribution is -2.54. The molecule has 8 heteroatoms. The van der Waals surface area contributed by atoms with Gasteiger partial charge in [0.05, 0.1) is 18.7 Å². The first-order valence-electron chi connectivity index (χ1n) is 11.9. The SMILES string of the molecule is COC(=O)[C@@H](NCc1ccccc1)[C@H](C/C=C/c1ccccc1)NS(=O)(=O)c1cccc2cccnc12. The van der Waals surface area contributed by atoms with E-state index < -0.39 is 28.1 Å². The topological polar surface area (TPSA) is 97.4 Å². The molecule has 2 atom stereocenters. The summed E-state index contributed by atoms with van der Waals surface area (Å²) in [5, 5.41) is 3.90. The number of carbonyl (C=O) groups is 1. The first-order valence-corrected chi connectivity index (χ1v) is 13.4. The van der Waals surface area contributed by atoms with Crippen molar-refractivity contribution in [2.45, 2.75) is 29.9 Å². The number of pyridine rings is 1. The molecule has 7 nitrogen and oxygen atoms in total. The first kappa shape index (κ1) is 26.2. The largest absolute Gasteiger partial charge is 0.468 e. The predicted molar refractivity (Wildman–Crippen MR) is 145 cm³/mol. The number of para-hydroxylation sites is 1. The van der Waals surface area contributed by atoms with Crippen molar-refractivity contribution in [1.82, 2.24) is 15.0 Å². The Kier molecular flexibility index (Phi) is 8.79. The zero-order valence-electron chi connectivity index (χ0n) is 20.4. The molecule has 0 unspecified atom stereocenters. The molecular formula is C29H29N3O4S. The van der Waals surface area contributed by atoms with Crippen LogP contribution in [0.5, 0.6) is 0 Å². The molecule has 37 heavy (non-hydrogen) atoms. The number of nitrogens with one attached hydrogen (secondary N) is 2. The molecule has 0 spiro atoms. The fourth-order valence-corrected chi connectivity index (χ4v) is 5.50. The van der Waals surface area contributed by atoms with Crippen LogP contribution in [-0.2, 0) is 26.1 Å². The van der Waals surface area contributed by atoms with Crippen LogP contribution in [0.15, 0.2) is 108 Å². The van der Waals surface area contributed by atoms with Crippen LogP contribution in [0, 0.1) is 0 Å². The van der Waals surface area contributed by atoms with Crippen LogP contribution < -0.4 is 10.0 Å². The summed E-state index contributed by atoms with van der Waals surface area (Å²) < 4.78 is 35.1. The van der Waals surface area contributed by atoms with Gasteiger partial charge >= 0.3 is 5.97 Å². The summed E-state index contributed by atoms with van der Waals surface area (Å²) >= 11 is 0. The molecule has 0 radical (unpaired) electrons. The monoisotopic (exact) mass is 515 g/mol. The number of hydrogen-bond acceptors (Lipinski definition) is 6. The molecule has 0 amide bonds. The molecule has 3 aromatic carbocycles. The third-order valence-electron chi connectivity index (χ3n) is 5.92. The first-order chi connectivity index (χ1) is 18.0. The van der Waals surface area contributed by atoms with Crippen molar-refractivity contribution in [3.05, 3.63) is 114 Å². The maximum atomic E-state index is 13.6. The molecule has 190 valence electrons. The summed E-state index contributed by atoms with van der Waals surface area (Å²) in [6, 6.07) is 26.0. The highest BCUT2D eigenvalue weighted by atomic mass is 32.2. The number of carbonyl (C=O) groups excluding carboxylic acids is 1. The zero-order chi connectivity index (χ0) is 26.1. The lowest BCUT2D eigenvalue weighted by molar-refractivity contribution is -0.143. The van der Waals surface area contributed by atoms with Crippen LogP contribution in [0.2, 0.25) is 0 Å². The second-order valence-electron chi connectivity index (χ2n) is 8.48. The maximum absolute atomic E-state index is 13.6. The van der Waals surface area contributed by atoms with Crippen LogP contribution in [0.25, 0.3) is 17.0 Å². The van der Waals surface area contributed by atoms with Crippen LogP contribution in [0.3, 0.4) is 0 Å². The molecule has 0 saturated heterocycles. The molecule has 0 fully saturated rings. The molecule has 0 aliphatic carbocycles. The van der Waals surface area contributed by atoms with E-state index in [2.05, 4.69) is 15.0 Å². The number of nitrogens with zero attached hydrogens (tertiary/aromatic N) is 1. The quantitative estimate of drug-likeness (QED) is 0.289. The van der Waals surface area contributed by atoms with E-state index in [4.69, 9.17) is 4.74 Å². The molecule has 4 rings (SSSR count). The summed E-state index contributed by atoms with van der Waals surface area (Å²) in [5.41, 5.74) is 2.29. The van der Waals surface area contributed by atoms with Gasteiger partial charge in [0.25, 0.3) is 0 Å². The van der Waals surface area contributed by atoms with E-state index in [0.717, 1.165) is 11.1 Å². The number of aromatic nitrogens is 1. The van der Waals surface area contributed by atoms with Crippen LogP contribution in [0.4, 0.5) is 0 Å². The Bertz CT molecular complexity index is 1450. The minimum absolute atomic E-state index is 0.0503. The van der Waals surface area contributed by atoms with Gasteiger partial charge < -0.3 is 4.74 Å². The number of esters is 1. The molecular weight excluding hydrogens is 486 g/mol. The van der Waals surface area contributed by atoms with Gasteiger partial charge in [-0.1, -0.05) is 91.0 Å². The van der Waals surface area contributed by atoms with E-state index in [9.17, 15) is 13.2 Å². The molecule has 0 aliphatic rings. The van der Waals surface area contributed by atoms with E-state index >= 15 is 0 Å². The van der Waals surface area contributed by atoms with Crippen molar-refractivity contribution in [2.75, 3.05) is 7.11 Å². The van der Waals surface area contributed by atoms with Gasteiger partial charge in [0, 0.05) is 18.1 Å². The highest BCUT2D eigenvalue weighted by Gasteiger charge is 2.32. The lowest BCUT2D eigenvalue weighted by Gasteiger charge is -2.26. The normalized spacial score (nSPS) is 13.4. The zero-order valence-corrected chi connectivity index (χ0v) is 21.3. The van der Waals surface area contributed by atoms with E-state index in [0.29, 0.717) is 17.4 Å². The molecule has 2 N–H and O–H groups in total. The Morgan fingerprint density at radius 3 is 2.38 bits per heavy atom. The van der Waals surface area contributed by atoms with Gasteiger partial charge in [-0.2, -0.15) is 0 Å². The molecule has 0 saturated carbocycles. The van der Waals surface area contributed by atoms with Crippen LogP contribution >= 0.6 is 0 Å². The number of rotatable bonds is 11. The van der Waals surface area contributed by atoms with Crippen molar-refractivity contribution in [2.24, 2.45) is 0 Å². The minimum atomic E-state index is -4.05. The van der Waals surface area contributed by atoms with E-state index in [1.807, 2.05) is 72.8 Å². The Morgan fingerprint density at radius 1 is 0.946 bits per heavy atom. The van der Waals surface area contributed by atoms with Gasteiger partial charge in [-0.15, -0.1) is 0 Å². The van der Waals surface area contributed by atoms with Gasteiger partial charge in [0.2, 0.25) is 10.0 Å². The van der Waals surface area contributed by atoms with Crippen molar-refractivity contribution < 1.29 is 17.9 Å². The van der Waals surface area contributed by atoms with Crippen molar-refractivity contribution >= 4 is 33.0 Å². The predicted octanol–water partition coefficient (Wildman–Crippen LogP) is 4.32. The Hall–Kier alpha value is -3.85. The third-order valence-corrected chi connectivity index (χ3v) is 7.44. The minimum Gasteiger partial charge on any atom is -0.468 e. The summed E-state index contributed by atoms with van der Waals surface area (Å²) in [6.45, 7) is 0.358. The van der Waals surface area contributed by atoms with Crippen molar-refractivity contribution in [3.63, 3.8) is 0 Å². The highest BCUT2D eigenvalue weighted by molar-refractivity contribution is 7.89. The molecule has 0 bridgehead atoms. The molecule has 1 aromatic heterocycles. The summed E-state index contributed by atoms with van der Waals surface area (Å²) in [5.74, 6) is -0.562. The van der Waals surface area contributed by atoms with Gasteiger partial charge in [-0.25, -0.2) is 13.1 Å². The fraction of sp³-hybridized carbons (Fsp3) is 0.172. The molecule has 1 heterocycles. The Labute approximate surface area is 217 Å². The lowest BCUT2D eigenvalue weighted by atomic mass is 10.0. The van der Waals surface area contributed by atoms with E-state index in [-0.39, 0.29) is 11.3 Å². The Balaban J connectivity index is 1.66. The fourth-order valence-electron chi connectivity index (χ4n) is 4.06. The van der Waals surface area contributed by atoms with Crippen molar-refractivity contribution in [3.8, 4) is 0 Å². The number of methoxy groups -OCH3 is 1. The smallest absolute Gasteiger partial charge is 0.324 e. The second kappa shape index (κ2) is 12.4. The maximum Gasteiger partial charge on any atom is 0.324 e.